The van der Waals surface area contributed by atoms with Gasteiger partial charge in [0.05, 0.1) is 6.20 Å². The molecule has 7 heteroatoms. The van der Waals surface area contributed by atoms with Crippen LogP contribution in [0.4, 0.5) is 11.8 Å². The molecule has 0 amide bonds. The lowest BCUT2D eigenvalue weighted by atomic mass is 10.1. The summed E-state index contributed by atoms with van der Waals surface area (Å²) in [7, 11) is 0. The second-order valence-corrected chi connectivity index (χ2v) is 5.27. The summed E-state index contributed by atoms with van der Waals surface area (Å²) < 4.78 is 0. The number of aromatic nitrogens is 2. The van der Waals surface area contributed by atoms with Crippen molar-refractivity contribution >= 4 is 23.4 Å². The molecule has 106 valence electrons. The van der Waals surface area contributed by atoms with Crippen molar-refractivity contribution in [2.24, 2.45) is 5.84 Å². The minimum atomic E-state index is 0.359. The van der Waals surface area contributed by atoms with E-state index in [9.17, 15) is 0 Å². The molecule has 2 rings (SSSR count). The first kappa shape index (κ1) is 14.3. The van der Waals surface area contributed by atoms with Gasteiger partial charge in [-0.25, -0.2) is 10.8 Å². The number of hydrogen-bond donors (Lipinski definition) is 3. The van der Waals surface area contributed by atoms with Crippen LogP contribution in [0.1, 0.15) is 26.2 Å². The molecular weight excluding hydrogens is 264 g/mol. The Balaban J connectivity index is 1.90. The molecule has 4 N–H and O–H groups in total. The third-order valence-electron chi connectivity index (χ3n) is 3.45. The molecule has 19 heavy (non-hydrogen) atoms. The Bertz CT molecular complexity index is 407. The van der Waals surface area contributed by atoms with Crippen LogP contribution >= 0.6 is 11.6 Å². The van der Waals surface area contributed by atoms with Crippen LogP contribution in [0.3, 0.4) is 0 Å². The molecule has 1 fully saturated rings. The number of nitrogens with zero attached hydrogens (tertiary/aromatic N) is 3. The summed E-state index contributed by atoms with van der Waals surface area (Å²) in [6, 6.07) is 0.459. The SMILES string of the molecule is CC(CNc1nc(NN)ncc1Cl)N1CCCCC1. The van der Waals surface area contributed by atoms with E-state index in [0.29, 0.717) is 22.8 Å². The van der Waals surface area contributed by atoms with E-state index >= 15 is 0 Å². The first-order valence-electron chi connectivity index (χ1n) is 6.68. The maximum atomic E-state index is 6.05. The maximum Gasteiger partial charge on any atom is 0.239 e. The van der Waals surface area contributed by atoms with Gasteiger partial charge in [-0.05, 0) is 32.9 Å². The Morgan fingerprint density at radius 3 is 2.84 bits per heavy atom. The zero-order valence-electron chi connectivity index (χ0n) is 11.2. The molecule has 0 aliphatic carbocycles. The molecule has 6 nitrogen and oxygen atoms in total. The van der Waals surface area contributed by atoms with Gasteiger partial charge in [0.2, 0.25) is 5.95 Å². The molecule has 1 aliphatic rings. The summed E-state index contributed by atoms with van der Waals surface area (Å²) in [5, 5.41) is 3.77. The summed E-state index contributed by atoms with van der Waals surface area (Å²) in [6.07, 6.45) is 5.47. The first-order chi connectivity index (χ1) is 9.20. The Hall–Kier alpha value is -1.11. The molecule has 0 spiro atoms. The fraction of sp³-hybridized carbons (Fsp3) is 0.667. The normalized spacial score (nSPS) is 18.1. The highest BCUT2D eigenvalue weighted by Gasteiger charge is 2.16. The second-order valence-electron chi connectivity index (χ2n) is 4.86. The van der Waals surface area contributed by atoms with Crippen LogP contribution in [0, 0.1) is 0 Å². The lowest BCUT2D eigenvalue weighted by Gasteiger charge is -2.32. The van der Waals surface area contributed by atoms with Gasteiger partial charge in [-0.1, -0.05) is 18.0 Å². The number of nitrogen functional groups attached to an aromatic ring is 1. The highest BCUT2D eigenvalue weighted by Crippen LogP contribution is 2.19. The van der Waals surface area contributed by atoms with E-state index in [4.69, 9.17) is 17.4 Å². The van der Waals surface area contributed by atoms with Crippen molar-refractivity contribution in [1.82, 2.24) is 14.9 Å². The topological polar surface area (TPSA) is 79.1 Å². The monoisotopic (exact) mass is 284 g/mol. The standard InChI is InChI=1S/C12H21ClN6/c1-9(19-5-3-2-4-6-19)7-15-11-10(13)8-16-12(17-11)18-14/h8-9H,2-7,14H2,1H3,(H2,15,16,17,18). The van der Waals surface area contributed by atoms with E-state index in [0.717, 1.165) is 6.54 Å². The predicted molar refractivity (Wildman–Crippen MR) is 78.2 cm³/mol. The molecule has 1 atom stereocenters. The number of piperidine rings is 1. The molecule has 1 aromatic heterocycles. The second kappa shape index (κ2) is 6.88. The zero-order chi connectivity index (χ0) is 13.7. The van der Waals surface area contributed by atoms with E-state index in [1.165, 1.54) is 38.5 Å². The summed E-state index contributed by atoms with van der Waals surface area (Å²) >= 11 is 6.05. The number of rotatable bonds is 5. The van der Waals surface area contributed by atoms with Gasteiger partial charge in [-0.15, -0.1) is 0 Å². The highest BCUT2D eigenvalue weighted by molar-refractivity contribution is 6.32. The zero-order valence-corrected chi connectivity index (χ0v) is 12.0. The van der Waals surface area contributed by atoms with E-state index in [1.54, 1.807) is 0 Å². The Labute approximate surface area is 118 Å². The smallest absolute Gasteiger partial charge is 0.239 e. The van der Waals surface area contributed by atoms with E-state index in [2.05, 4.69) is 32.5 Å². The Morgan fingerprint density at radius 1 is 1.42 bits per heavy atom. The van der Waals surface area contributed by atoms with Gasteiger partial charge in [0.1, 0.15) is 5.02 Å². The Kier molecular flexibility index (Phi) is 5.18. The van der Waals surface area contributed by atoms with Crippen LogP contribution < -0.4 is 16.6 Å². The van der Waals surface area contributed by atoms with Crippen LogP contribution in [0.2, 0.25) is 5.02 Å². The summed E-state index contributed by atoms with van der Waals surface area (Å²) in [5.41, 5.74) is 2.41. The number of nitrogens with two attached hydrogens (primary N) is 1. The van der Waals surface area contributed by atoms with E-state index < -0.39 is 0 Å². The van der Waals surface area contributed by atoms with Gasteiger partial charge in [0, 0.05) is 12.6 Å². The molecular formula is C12H21ClN6. The maximum absolute atomic E-state index is 6.05. The van der Waals surface area contributed by atoms with Crippen molar-refractivity contribution < 1.29 is 0 Å². The summed E-state index contributed by atoms with van der Waals surface area (Å²) in [6.45, 7) is 5.38. The third kappa shape index (κ3) is 3.92. The van der Waals surface area contributed by atoms with Crippen LogP contribution in [0.15, 0.2) is 6.20 Å². The van der Waals surface area contributed by atoms with Gasteiger partial charge in [-0.3, -0.25) is 10.3 Å². The molecule has 1 saturated heterocycles. The molecule has 1 unspecified atom stereocenters. The molecule has 0 radical (unpaired) electrons. The largest absolute Gasteiger partial charge is 0.367 e. The van der Waals surface area contributed by atoms with Gasteiger partial charge < -0.3 is 5.32 Å². The van der Waals surface area contributed by atoms with Crippen molar-refractivity contribution in [2.75, 3.05) is 30.4 Å². The van der Waals surface area contributed by atoms with Crippen molar-refractivity contribution in [3.05, 3.63) is 11.2 Å². The quantitative estimate of drug-likeness (QED) is 0.564. The third-order valence-corrected chi connectivity index (χ3v) is 3.73. The van der Waals surface area contributed by atoms with Crippen molar-refractivity contribution in [2.45, 2.75) is 32.2 Å². The van der Waals surface area contributed by atoms with Crippen LogP contribution in [0.25, 0.3) is 0 Å². The molecule has 0 bridgehead atoms. The molecule has 1 aromatic rings. The minimum absolute atomic E-state index is 0.359. The van der Waals surface area contributed by atoms with Gasteiger partial charge >= 0.3 is 0 Å². The minimum Gasteiger partial charge on any atom is -0.367 e. The fourth-order valence-corrected chi connectivity index (χ4v) is 2.45. The average molecular weight is 285 g/mol. The average Bonchev–Trinajstić information content (AvgIpc) is 2.47. The molecule has 0 aromatic carbocycles. The van der Waals surface area contributed by atoms with Crippen LogP contribution in [0.5, 0.6) is 0 Å². The molecule has 2 heterocycles. The molecule has 0 saturated carbocycles. The number of anilines is 2. The summed E-state index contributed by atoms with van der Waals surface area (Å²) in [5.74, 6) is 6.27. The number of halogens is 1. The first-order valence-corrected chi connectivity index (χ1v) is 7.05. The van der Waals surface area contributed by atoms with E-state index in [1.807, 2.05) is 0 Å². The summed E-state index contributed by atoms with van der Waals surface area (Å²) in [4.78, 5) is 10.6. The van der Waals surface area contributed by atoms with Crippen molar-refractivity contribution in [1.29, 1.82) is 0 Å². The van der Waals surface area contributed by atoms with Gasteiger partial charge in [0.15, 0.2) is 5.82 Å². The van der Waals surface area contributed by atoms with Crippen molar-refractivity contribution in [3.63, 3.8) is 0 Å². The van der Waals surface area contributed by atoms with E-state index in [-0.39, 0.29) is 0 Å². The number of hydrogen-bond acceptors (Lipinski definition) is 6. The number of likely N-dealkylation sites (tertiary alicyclic amines) is 1. The fourth-order valence-electron chi connectivity index (χ4n) is 2.29. The lowest BCUT2D eigenvalue weighted by Crippen LogP contribution is -2.41. The van der Waals surface area contributed by atoms with Crippen LogP contribution in [-0.2, 0) is 0 Å². The Morgan fingerprint density at radius 2 is 2.16 bits per heavy atom. The van der Waals surface area contributed by atoms with Gasteiger partial charge in [0.25, 0.3) is 0 Å². The number of hydrazine groups is 1. The van der Waals surface area contributed by atoms with Crippen molar-refractivity contribution in [3.8, 4) is 0 Å². The number of nitrogens with one attached hydrogen (secondary N) is 2. The lowest BCUT2D eigenvalue weighted by molar-refractivity contribution is 0.180. The van der Waals surface area contributed by atoms with Gasteiger partial charge in [-0.2, -0.15) is 4.98 Å². The molecule has 1 aliphatic heterocycles. The van der Waals surface area contributed by atoms with Crippen LogP contribution in [-0.4, -0.2) is 40.5 Å². The highest BCUT2D eigenvalue weighted by atomic mass is 35.5. The predicted octanol–water partition coefficient (Wildman–Crippen LogP) is 1.70.